The first-order valence-electron chi connectivity index (χ1n) is 13.3. The highest BCUT2D eigenvalue weighted by Gasteiger charge is 2.33. The normalized spacial score (nSPS) is 15.5. The molecular formula is C29H37N7O. The predicted octanol–water partition coefficient (Wildman–Crippen LogP) is 4.56. The molecule has 1 N–H and O–H groups in total. The molecule has 1 amide bonds. The molecule has 0 radical (unpaired) electrons. The van der Waals surface area contributed by atoms with Gasteiger partial charge >= 0.3 is 0 Å². The van der Waals surface area contributed by atoms with E-state index in [0.717, 1.165) is 41.4 Å². The zero-order valence-electron chi connectivity index (χ0n) is 22.6. The van der Waals surface area contributed by atoms with E-state index >= 15 is 0 Å². The number of amides is 1. The van der Waals surface area contributed by atoms with Gasteiger partial charge in [-0.3, -0.25) is 14.7 Å². The largest absolute Gasteiger partial charge is 0.370 e. The van der Waals surface area contributed by atoms with Gasteiger partial charge in [-0.15, -0.1) is 0 Å². The zero-order chi connectivity index (χ0) is 26.1. The van der Waals surface area contributed by atoms with E-state index in [2.05, 4.69) is 40.9 Å². The number of nitrogens with one attached hydrogen (secondary N) is 1. The van der Waals surface area contributed by atoms with Crippen molar-refractivity contribution in [3.8, 4) is 11.3 Å². The molecule has 2 aliphatic rings. The number of aromatic nitrogens is 3. The van der Waals surface area contributed by atoms with Crippen LogP contribution in [0, 0.1) is 6.92 Å². The minimum atomic E-state index is -0.0327. The Balaban J connectivity index is 1.49. The van der Waals surface area contributed by atoms with E-state index in [9.17, 15) is 4.79 Å². The van der Waals surface area contributed by atoms with E-state index in [1.807, 2.05) is 50.8 Å². The number of pyridine rings is 3. The molecule has 194 valence electrons. The highest BCUT2D eigenvalue weighted by molar-refractivity contribution is 6.10. The number of piperidine rings is 1. The lowest BCUT2D eigenvalue weighted by molar-refractivity contribution is 0.0996. The highest BCUT2D eigenvalue weighted by Crippen LogP contribution is 2.34. The van der Waals surface area contributed by atoms with Gasteiger partial charge in [0.25, 0.3) is 5.91 Å². The number of anilines is 3. The topological polar surface area (TPSA) is 77.5 Å². The minimum Gasteiger partial charge on any atom is -0.370 e. The van der Waals surface area contributed by atoms with Crippen molar-refractivity contribution >= 4 is 23.2 Å². The van der Waals surface area contributed by atoms with Crippen LogP contribution in [0.15, 0.2) is 36.7 Å². The molecule has 5 rings (SSSR count). The summed E-state index contributed by atoms with van der Waals surface area (Å²) in [5.74, 6) is 1.43. The van der Waals surface area contributed by atoms with Crippen LogP contribution in [-0.2, 0) is 13.1 Å². The summed E-state index contributed by atoms with van der Waals surface area (Å²) in [7, 11) is 3.92. The van der Waals surface area contributed by atoms with Crippen molar-refractivity contribution in [2.75, 3.05) is 41.9 Å². The smallest absolute Gasteiger partial charge is 0.260 e. The van der Waals surface area contributed by atoms with E-state index in [-0.39, 0.29) is 11.9 Å². The summed E-state index contributed by atoms with van der Waals surface area (Å²) in [6.45, 7) is 9.58. The Labute approximate surface area is 219 Å². The summed E-state index contributed by atoms with van der Waals surface area (Å²) < 4.78 is 0. The molecule has 37 heavy (non-hydrogen) atoms. The summed E-state index contributed by atoms with van der Waals surface area (Å²) in [6, 6.07) is 8.10. The van der Waals surface area contributed by atoms with Gasteiger partial charge in [0.2, 0.25) is 0 Å². The van der Waals surface area contributed by atoms with Gasteiger partial charge in [0.1, 0.15) is 11.6 Å². The van der Waals surface area contributed by atoms with Crippen molar-refractivity contribution in [2.45, 2.75) is 59.2 Å². The molecule has 2 aliphatic heterocycles. The van der Waals surface area contributed by atoms with Crippen molar-refractivity contribution in [3.05, 3.63) is 59.0 Å². The van der Waals surface area contributed by atoms with Crippen molar-refractivity contribution in [3.63, 3.8) is 0 Å². The lowest BCUT2D eigenvalue weighted by Gasteiger charge is -2.30. The number of carbonyl (C=O) groups is 1. The molecule has 0 aromatic carbocycles. The number of hydrogen-bond acceptors (Lipinski definition) is 7. The van der Waals surface area contributed by atoms with Gasteiger partial charge in [0, 0.05) is 50.0 Å². The quantitative estimate of drug-likeness (QED) is 0.511. The van der Waals surface area contributed by atoms with Crippen LogP contribution in [0.4, 0.5) is 17.3 Å². The second-order valence-corrected chi connectivity index (χ2v) is 10.3. The van der Waals surface area contributed by atoms with Gasteiger partial charge in [-0.05, 0) is 70.8 Å². The number of fused-ring (bicyclic) bond motifs is 1. The van der Waals surface area contributed by atoms with Gasteiger partial charge in [-0.1, -0.05) is 6.07 Å². The monoisotopic (exact) mass is 499 g/mol. The molecule has 3 aromatic rings. The highest BCUT2D eigenvalue weighted by atomic mass is 16.2. The van der Waals surface area contributed by atoms with Gasteiger partial charge < -0.3 is 15.1 Å². The maximum absolute atomic E-state index is 13.7. The summed E-state index contributed by atoms with van der Waals surface area (Å²) in [5.41, 5.74) is 6.78. The number of carbonyl (C=O) groups excluding carboxylic acids is 1. The number of nitrogens with zero attached hydrogens (tertiary/aromatic N) is 6. The number of hydrogen-bond donors (Lipinski definition) is 1. The van der Waals surface area contributed by atoms with Crippen molar-refractivity contribution < 1.29 is 4.79 Å². The SMILES string of the molecule is CNCc1nc(N(C)C(C)C)cc2c1CN(c1cccc(-c3cncc(N4CCCCC4)c3C)n1)C2=O. The van der Waals surface area contributed by atoms with Crippen LogP contribution in [0.5, 0.6) is 0 Å². The fourth-order valence-corrected chi connectivity index (χ4v) is 5.25. The Morgan fingerprint density at radius 1 is 1.08 bits per heavy atom. The van der Waals surface area contributed by atoms with Crippen LogP contribution in [0.3, 0.4) is 0 Å². The summed E-state index contributed by atoms with van der Waals surface area (Å²) >= 11 is 0. The third-order valence-electron chi connectivity index (χ3n) is 7.64. The first-order valence-corrected chi connectivity index (χ1v) is 13.3. The molecule has 5 heterocycles. The second-order valence-electron chi connectivity index (χ2n) is 10.3. The van der Waals surface area contributed by atoms with Crippen LogP contribution in [0.2, 0.25) is 0 Å². The molecule has 0 bridgehead atoms. The fourth-order valence-electron chi connectivity index (χ4n) is 5.25. The van der Waals surface area contributed by atoms with E-state index in [1.54, 1.807) is 4.90 Å². The molecule has 0 spiro atoms. The van der Waals surface area contributed by atoms with Crippen LogP contribution in [-0.4, -0.2) is 54.1 Å². The second kappa shape index (κ2) is 10.5. The van der Waals surface area contributed by atoms with Gasteiger partial charge in [0.05, 0.1) is 35.4 Å². The molecule has 8 heteroatoms. The van der Waals surface area contributed by atoms with E-state index in [1.165, 1.54) is 30.5 Å². The molecule has 8 nitrogen and oxygen atoms in total. The first-order chi connectivity index (χ1) is 17.9. The van der Waals surface area contributed by atoms with Gasteiger partial charge in [-0.25, -0.2) is 9.97 Å². The molecule has 3 aromatic heterocycles. The summed E-state index contributed by atoms with van der Waals surface area (Å²) in [4.78, 5) is 34.4. The summed E-state index contributed by atoms with van der Waals surface area (Å²) in [5, 5.41) is 3.21. The van der Waals surface area contributed by atoms with E-state index in [4.69, 9.17) is 9.97 Å². The van der Waals surface area contributed by atoms with Crippen LogP contribution in [0.1, 0.15) is 60.3 Å². The Kier molecular flexibility index (Phi) is 7.11. The van der Waals surface area contributed by atoms with Gasteiger partial charge in [0.15, 0.2) is 0 Å². The third-order valence-corrected chi connectivity index (χ3v) is 7.64. The van der Waals surface area contributed by atoms with Crippen molar-refractivity contribution in [2.24, 2.45) is 0 Å². The minimum absolute atomic E-state index is 0.0327. The van der Waals surface area contributed by atoms with Crippen LogP contribution >= 0.6 is 0 Å². The Morgan fingerprint density at radius 3 is 2.59 bits per heavy atom. The third kappa shape index (κ3) is 4.78. The summed E-state index contributed by atoms with van der Waals surface area (Å²) in [6.07, 6.45) is 7.58. The van der Waals surface area contributed by atoms with E-state index in [0.29, 0.717) is 24.5 Å². The average molecular weight is 500 g/mol. The lowest BCUT2D eigenvalue weighted by Crippen LogP contribution is -2.30. The molecule has 0 saturated carbocycles. The first kappa shape index (κ1) is 25.1. The zero-order valence-corrected chi connectivity index (χ0v) is 22.6. The van der Waals surface area contributed by atoms with Crippen LogP contribution in [0.25, 0.3) is 11.3 Å². The molecule has 0 unspecified atom stereocenters. The fraction of sp³-hybridized carbons (Fsp3) is 0.448. The maximum atomic E-state index is 13.7. The van der Waals surface area contributed by atoms with Gasteiger partial charge in [-0.2, -0.15) is 0 Å². The molecule has 1 saturated heterocycles. The van der Waals surface area contributed by atoms with Crippen molar-refractivity contribution in [1.29, 1.82) is 0 Å². The van der Waals surface area contributed by atoms with Crippen molar-refractivity contribution in [1.82, 2.24) is 20.3 Å². The van der Waals surface area contributed by atoms with E-state index < -0.39 is 0 Å². The average Bonchev–Trinajstić information content (AvgIpc) is 3.25. The lowest BCUT2D eigenvalue weighted by atomic mass is 10.0. The Morgan fingerprint density at radius 2 is 1.86 bits per heavy atom. The molecule has 1 fully saturated rings. The maximum Gasteiger partial charge on any atom is 0.260 e. The molecule has 0 atom stereocenters. The Hall–Kier alpha value is -3.52. The van der Waals surface area contributed by atoms with Crippen LogP contribution < -0.4 is 20.0 Å². The Bertz CT molecular complexity index is 1300. The standard InChI is InChI=1S/C29H37N7O/c1-19(2)34(5)28-14-21-23(25(33-28)16-30-4)18-36(29(21)37)27-11-9-10-24(32-27)22-15-31-17-26(20(22)3)35-12-7-6-8-13-35/h9-11,14-15,17,19,30H,6-8,12-13,16,18H2,1-5H3. The predicted molar refractivity (Wildman–Crippen MR) is 149 cm³/mol. The number of rotatable bonds is 7. The molecule has 0 aliphatic carbocycles. The molecular weight excluding hydrogens is 462 g/mol.